The Balaban J connectivity index is 1.68. The Morgan fingerprint density at radius 2 is 1.93 bits per heavy atom. The first-order valence-electron chi connectivity index (χ1n) is 7.88. The Morgan fingerprint density at radius 1 is 1.07 bits per heavy atom. The lowest BCUT2D eigenvalue weighted by Crippen LogP contribution is -1.84. The number of benzene rings is 3. The zero-order chi connectivity index (χ0) is 19.0. The number of phenolic OH excluding ortho intramolecular Hbond substituents is 1. The van der Waals surface area contributed by atoms with Gasteiger partial charge in [0.2, 0.25) is 5.89 Å². The van der Waals surface area contributed by atoms with E-state index in [-0.39, 0.29) is 5.75 Å². The predicted octanol–water partition coefficient (Wildman–Crippen LogP) is 7.13. The number of aromatic nitrogens is 1. The van der Waals surface area contributed by atoms with Gasteiger partial charge in [0.25, 0.3) is 0 Å². The lowest BCUT2D eigenvalue weighted by molar-refractivity contribution is 0.471. The molecule has 3 aromatic carbocycles. The third-order valence-corrected chi connectivity index (χ3v) is 5.17. The van der Waals surface area contributed by atoms with Crippen LogP contribution in [0.2, 0.25) is 5.02 Å². The van der Waals surface area contributed by atoms with Crippen molar-refractivity contribution in [2.24, 2.45) is 4.99 Å². The number of phenols is 1. The summed E-state index contributed by atoms with van der Waals surface area (Å²) in [6.07, 6.45) is 1.56. The van der Waals surface area contributed by atoms with Crippen molar-refractivity contribution in [2.75, 3.05) is 0 Å². The molecule has 0 saturated carbocycles. The third kappa shape index (κ3) is 3.93. The summed E-state index contributed by atoms with van der Waals surface area (Å²) < 4.78 is 7.30. The topological polar surface area (TPSA) is 58.6 Å². The van der Waals surface area contributed by atoms with Crippen LogP contribution in [0.5, 0.6) is 5.75 Å². The van der Waals surface area contributed by atoms with Gasteiger partial charge in [0, 0.05) is 26.8 Å². The van der Waals surface area contributed by atoms with E-state index < -0.39 is 0 Å². The molecular formula is C20H11Br2ClN2O2. The molecule has 0 spiro atoms. The van der Waals surface area contributed by atoms with Crippen LogP contribution in [0.4, 0.5) is 5.69 Å². The van der Waals surface area contributed by atoms with E-state index in [9.17, 15) is 5.11 Å². The minimum Gasteiger partial charge on any atom is -0.506 e. The molecule has 1 N–H and O–H groups in total. The number of nitrogens with zero attached hydrogens (tertiary/aromatic N) is 2. The van der Waals surface area contributed by atoms with Gasteiger partial charge < -0.3 is 9.52 Å². The number of aromatic hydroxyl groups is 1. The van der Waals surface area contributed by atoms with Crippen LogP contribution in [0.3, 0.4) is 0 Å². The second-order valence-electron chi connectivity index (χ2n) is 5.77. The van der Waals surface area contributed by atoms with Crippen LogP contribution in [-0.2, 0) is 0 Å². The molecule has 27 heavy (non-hydrogen) atoms. The first-order valence-corrected chi connectivity index (χ1v) is 9.84. The molecule has 4 rings (SSSR count). The van der Waals surface area contributed by atoms with Crippen molar-refractivity contribution in [1.29, 1.82) is 0 Å². The van der Waals surface area contributed by atoms with Crippen LogP contribution < -0.4 is 0 Å². The third-order valence-electron chi connectivity index (χ3n) is 3.85. The summed E-state index contributed by atoms with van der Waals surface area (Å²) in [5.41, 5.74) is 3.48. The molecule has 0 aliphatic heterocycles. The number of oxazole rings is 1. The molecule has 0 unspecified atom stereocenters. The highest BCUT2D eigenvalue weighted by atomic mass is 79.9. The molecule has 0 amide bonds. The molecule has 0 bridgehead atoms. The van der Waals surface area contributed by atoms with Crippen molar-refractivity contribution in [3.05, 3.63) is 74.1 Å². The summed E-state index contributed by atoms with van der Waals surface area (Å²) in [5, 5.41) is 10.6. The van der Waals surface area contributed by atoms with Crippen molar-refractivity contribution in [2.45, 2.75) is 0 Å². The van der Waals surface area contributed by atoms with E-state index in [4.69, 9.17) is 16.0 Å². The van der Waals surface area contributed by atoms with E-state index in [0.717, 1.165) is 10.0 Å². The fraction of sp³-hybridized carbons (Fsp3) is 0. The van der Waals surface area contributed by atoms with Crippen LogP contribution in [0, 0.1) is 0 Å². The molecule has 4 aromatic rings. The summed E-state index contributed by atoms with van der Waals surface area (Å²) in [6, 6.07) is 16.5. The highest BCUT2D eigenvalue weighted by molar-refractivity contribution is 9.10. The molecule has 1 heterocycles. The first kappa shape index (κ1) is 18.2. The first-order chi connectivity index (χ1) is 13.0. The monoisotopic (exact) mass is 504 g/mol. The van der Waals surface area contributed by atoms with E-state index in [1.165, 1.54) is 0 Å². The summed E-state index contributed by atoms with van der Waals surface area (Å²) in [5.74, 6) is 0.631. The average molecular weight is 507 g/mol. The van der Waals surface area contributed by atoms with E-state index in [1.807, 2.05) is 42.5 Å². The minimum atomic E-state index is 0.0857. The summed E-state index contributed by atoms with van der Waals surface area (Å²) >= 11 is 12.7. The van der Waals surface area contributed by atoms with Crippen molar-refractivity contribution in [3.8, 4) is 17.2 Å². The molecule has 0 aliphatic rings. The normalized spacial score (nSPS) is 11.5. The molecule has 0 fully saturated rings. The molecule has 0 aliphatic carbocycles. The fourth-order valence-electron chi connectivity index (χ4n) is 2.57. The Labute approximate surface area is 176 Å². The maximum absolute atomic E-state index is 10.1. The molecule has 134 valence electrons. The Kier molecular flexibility index (Phi) is 5.04. The van der Waals surface area contributed by atoms with Crippen molar-refractivity contribution in [3.63, 3.8) is 0 Å². The van der Waals surface area contributed by atoms with Crippen LogP contribution >= 0.6 is 43.5 Å². The van der Waals surface area contributed by atoms with Crippen LogP contribution in [0.1, 0.15) is 5.56 Å². The maximum Gasteiger partial charge on any atom is 0.227 e. The molecule has 4 nitrogen and oxygen atoms in total. The molecule has 0 atom stereocenters. The van der Waals surface area contributed by atoms with E-state index in [0.29, 0.717) is 37.7 Å². The maximum atomic E-state index is 10.1. The number of rotatable bonds is 3. The fourth-order valence-corrected chi connectivity index (χ4v) is 3.80. The Morgan fingerprint density at radius 3 is 2.74 bits per heavy atom. The lowest BCUT2D eigenvalue weighted by atomic mass is 10.2. The molecule has 0 saturated heterocycles. The number of hydrogen-bond donors (Lipinski definition) is 1. The van der Waals surface area contributed by atoms with Gasteiger partial charge in [0.05, 0.1) is 10.2 Å². The Hall–Kier alpha value is -2.15. The number of halogens is 3. The van der Waals surface area contributed by atoms with E-state index >= 15 is 0 Å². The number of hydrogen-bond acceptors (Lipinski definition) is 4. The Bertz CT molecular complexity index is 1190. The SMILES string of the molecule is Oc1c(Br)cc(Cl)cc1C=Nc1ccc2oc(-c3cccc(Br)c3)nc2c1. The number of fused-ring (bicyclic) bond motifs is 1. The number of aliphatic imine (C=N–C) groups is 1. The van der Waals surface area contributed by atoms with Gasteiger partial charge in [-0.3, -0.25) is 4.99 Å². The van der Waals surface area contributed by atoms with Gasteiger partial charge in [0.1, 0.15) is 11.3 Å². The average Bonchev–Trinajstić information content (AvgIpc) is 3.07. The smallest absolute Gasteiger partial charge is 0.227 e. The van der Waals surface area contributed by atoms with Gasteiger partial charge in [-0.1, -0.05) is 33.6 Å². The molecule has 1 aromatic heterocycles. The van der Waals surface area contributed by atoms with Crippen LogP contribution in [0.15, 0.2) is 73.0 Å². The summed E-state index contributed by atoms with van der Waals surface area (Å²) in [7, 11) is 0. The quantitative estimate of drug-likeness (QED) is 0.301. The zero-order valence-electron chi connectivity index (χ0n) is 13.7. The molecule has 0 radical (unpaired) electrons. The highest BCUT2D eigenvalue weighted by Gasteiger charge is 2.09. The summed E-state index contributed by atoms with van der Waals surface area (Å²) in [6.45, 7) is 0. The van der Waals surface area contributed by atoms with Gasteiger partial charge >= 0.3 is 0 Å². The van der Waals surface area contributed by atoms with Gasteiger partial charge in [-0.05, 0) is 64.5 Å². The summed E-state index contributed by atoms with van der Waals surface area (Å²) in [4.78, 5) is 8.96. The van der Waals surface area contributed by atoms with Crippen molar-refractivity contribution >= 4 is 66.5 Å². The van der Waals surface area contributed by atoms with Crippen LogP contribution in [0.25, 0.3) is 22.6 Å². The lowest BCUT2D eigenvalue weighted by Gasteiger charge is -2.02. The second kappa shape index (κ2) is 7.46. The van der Waals surface area contributed by atoms with E-state index in [1.54, 1.807) is 18.3 Å². The van der Waals surface area contributed by atoms with Gasteiger partial charge in [-0.15, -0.1) is 0 Å². The van der Waals surface area contributed by atoms with E-state index in [2.05, 4.69) is 41.8 Å². The largest absolute Gasteiger partial charge is 0.506 e. The molecular weight excluding hydrogens is 495 g/mol. The van der Waals surface area contributed by atoms with Crippen molar-refractivity contribution in [1.82, 2.24) is 4.98 Å². The molecule has 7 heteroatoms. The van der Waals surface area contributed by atoms with Gasteiger partial charge in [-0.25, -0.2) is 4.98 Å². The van der Waals surface area contributed by atoms with Crippen LogP contribution in [-0.4, -0.2) is 16.3 Å². The highest BCUT2D eigenvalue weighted by Crippen LogP contribution is 2.32. The second-order valence-corrected chi connectivity index (χ2v) is 7.97. The standard InChI is InChI=1S/C20H11Br2ClN2O2/c21-13-3-1-2-11(6-13)20-25-17-9-15(4-5-18(17)27-20)24-10-12-7-14(23)8-16(22)19(12)26/h1-10,26H. The van der Waals surface area contributed by atoms with Gasteiger partial charge in [0.15, 0.2) is 5.58 Å². The minimum absolute atomic E-state index is 0.0857. The van der Waals surface area contributed by atoms with Crippen molar-refractivity contribution < 1.29 is 9.52 Å². The predicted molar refractivity (Wildman–Crippen MR) is 115 cm³/mol. The van der Waals surface area contributed by atoms with Gasteiger partial charge in [-0.2, -0.15) is 0 Å². The zero-order valence-corrected chi connectivity index (χ0v) is 17.6.